The van der Waals surface area contributed by atoms with Crippen molar-refractivity contribution < 1.29 is 4.42 Å². The Morgan fingerprint density at radius 3 is 1.88 bits per heavy atom. The number of oxazole rings is 1. The zero-order chi connectivity index (χ0) is 38.9. The molecule has 59 heavy (non-hydrogen) atoms. The van der Waals surface area contributed by atoms with Crippen molar-refractivity contribution >= 4 is 82.3 Å². The first-order chi connectivity index (χ1) is 29.2. The van der Waals surface area contributed by atoms with Crippen LogP contribution in [0.5, 0.6) is 0 Å². The van der Waals surface area contributed by atoms with Crippen LogP contribution in [-0.2, 0) is 0 Å². The highest BCUT2D eigenvalue weighted by Gasteiger charge is 2.23. The Kier molecular flexibility index (Phi) is 7.50. The third kappa shape index (κ3) is 5.42. The lowest BCUT2D eigenvalue weighted by molar-refractivity contribution is 0.620. The number of rotatable bonds is 6. The molecule has 4 nitrogen and oxygen atoms in total. The predicted molar refractivity (Wildman–Crippen MR) is 246 cm³/mol. The van der Waals surface area contributed by atoms with Gasteiger partial charge in [0, 0.05) is 33.4 Å². The first-order valence-corrected chi connectivity index (χ1v) is 20.0. The van der Waals surface area contributed by atoms with Crippen LogP contribution in [0.2, 0.25) is 0 Å². The summed E-state index contributed by atoms with van der Waals surface area (Å²) in [5.41, 5.74) is 11.1. The van der Waals surface area contributed by atoms with Gasteiger partial charge in [0.1, 0.15) is 5.52 Å². The Morgan fingerprint density at radius 2 is 1.05 bits per heavy atom. The molecule has 0 unspecified atom stereocenters. The zero-order valence-electron chi connectivity index (χ0n) is 32.0. The van der Waals surface area contributed by atoms with E-state index in [-0.39, 0.29) is 0 Å². The molecule has 4 heteroatoms. The van der Waals surface area contributed by atoms with E-state index in [1.165, 1.54) is 43.1 Å². The van der Waals surface area contributed by atoms with Gasteiger partial charge >= 0.3 is 0 Å². The zero-order valence-corrected chi connectivity index (χ0v) is 32.0. The maximum absolute atomic E-state index is 6.72. The topological polar surface area (TPSA) is 34.2 Å². The highest BCUT2D eigenvalue weighted by molar-refractivity contribution is 6.22. The number of fused-ring (bicyclic) bond motifs is 9. The first-order valence-electron chi connectivity index (χ1n) is 20.0. The summed E-state index contributed by atoms with van der Waals surface area (Å²) in [6.45, 7) is 0. The fourth-order valence-electron chi connectivity index (χ4n) is 9.02. The molecular weight excluding hydrogens is 719 g/mol. The summed E-state index contributed by atoms with van der Waals surface area (Å²) in [4.78, 5) is 7.31. The molecule has 0 saturated carbocycles. The number of aromatic nitrogens is 2. The SMILES string of the molecule is c1ccc(-c2cccc(N(c3ccc4c5c6ccccc6ccc5n(-c5ccc6ccc7ccccc7c6c5)c4c3)c3cccc4nc(-c5ccccc5)oc34)c2)cc1. The molecule has 0 atom stereocenters. The van der Waals surface area contributed by atoms with Crippen LogP contribution in [-0.4, -0.2) is 9.55 Å². The molecule has 0 radical (unpaired) electrons. The quantitative estimate of drug-likeness (QED) is 0.159. The first kappa shape index (κ1) is 33.2. The molecule has 0 N–H and O–H groups in total. The van der Waals surface area contributed by atoms with E-state index in [2.05, 4.69) is 185 Å². The Bertz CT molecular complexity index is 3570. The second-order valence-corrected chi connectivity index (χ2v) is 15.2. The molecule has 2 aromatic heterocycles. The van der Waals surface area contributed by atoms with E-state index in [0.29, 0.717) is 5.89 Å². The summed E-state index contributed by atoms with van der Waals surface area (Å²) < 4.78 is 9.17. The van der Waals surface area contributed by atoms with Gasteiger partial charge in [0.25, 0.3) is 0 Å². The Hall–Kier alpha value is -7.95. The standard InChI is InChI=1S/C55H35N3O/c1-3-13-36(14-4-1)41-19-11-20-42(33-41)57(51-24-12-23-49-54(51)59-55(56-49)40-17-5-2-6-18-40)44-30-31-47-52(35-44)58(50-32-28-38-16-8-10-22-46(38)53(47)50)43-29-27-39-26-25-37-15-7-9-21-45(37)48(39)34-43/h1-35H. The molecule has 0 aliphatic rings. The van der Waals surface area contributed by atoms with Crippen molar-refractivity contribution in [1.82, 2.24) is 9.55 Å². The minimum Gasteiger partial charge on any atom is -0.434 e. The Morgan fingerprint density at radius 1 is 0.407 bits per heavy atom. The summed E-state index contributed by atoms with van der Waals surface area (Å²) in [5.74, 6) is 0.595. The summed E-state index contributed by atoms with van der Waals surface area (Å²) in [6.07, 6.45) is 0. The van der Waals surface area contributed by atoms with Gasteiger partial charge in [-0.15, -0.1) is 0 Å². The van der Waals surface area contributed by atoms with E-state index < -0.39 is 0 Å². The van der Waals surface area contributed by atoms with Crippen molar-refractivity contribution in [2.45, 2.75) is 0 Å². The molecule has 0 aliphatic carbocycles. The average Bonchev–Trinajstić information content (AvgIpc) is 3.90. The molecule has 10 aromatic carbocycles. The van der Waals surface area contributed by atoms with Crippen LogP contribution in [0, 0.1) is 0 Å². The van der Waals surface area contributed by atoms with Crippen molar-refractivity contribution in [3.05, 3.63) is 212 Å². The lowest BCUT2D eigenvalue weighted by Crippen LogP contribution is -2.10. The maximum Gasteiger partial charge on any atom is 0.227 e. The fourth-order valence-corrected chi connectivity index (χ4v) is 9.02. The molecule has 0 aliphatic heterocycles. The summed E-state index contributed by atoms with van der Waals surface area (Å²) >= 11 is 0. The van der Waals surface area contributed by atoms with Crippen molar-refractivity contribution in [3.8, 4) is 28.3 Å². The van der Waals surface area contributed by atoms with Crippen LogP contribution >= 0.6 is 0 Å². The molecule has 0 fully saturated rings. The molecule has 276 valence electrons. The van der Waals surface area contributed by atoms with Crippen LogP contribution in [0.15, 0.2) is 217 Å². The van der Waals surface area contributed by atoms with Crippen LogP contribution in [0.3, 0.4) is 0 Å². The summed E-state index contributed by atoms with van der Waals surface area (Å²) in [5, 5.41) is 9.83. The van der Waals surface area contributed by atoms with Crippen LogP contribution in [0.1, 0.15) is 0 Å². The lowest BCUT2D eigenvalue weighted by Gasteiger charge is -2.26. The summed E-state index contributed by atoms with van der Waals surface area (Å²) in [6, 6.07) is 75.8. The molecule has 12 rings (SSSR count). The lowest BCUT2D eigenvalue weighted by atomic mass is 10.0. The minimum absolute atomic E-state index is 0.595. The summed E-state index contributed by atoms with van der Waals surface area (Å²) in [7, 11) is 0. The van der Waals surface area contributed by atoms with Crippen LogP contribution in [0.25, 0.3) is 93.5 Å². The number of para-hydroxylation sites is 1. The Balaban J connectivity index is 1.15. The molecule has 0 saturated heterocycles. The molecule has 12 aromatic rings. The second kappa shape index (κ2) is 13.3. The highest BCUT2D eigenvalue weighted by atomic mass is 16.3. The van der Waals surface area contributed by atoms with Gasteiger partial charge in [0.05, 0.1) is 16.7 Å². The van der Waals surface area contributed by atoms with Gasteiger partial charge in [-0.25, -0.2) is 4.98 Å². The van der Waals surface area contributed by atoms with E-state index >= 15 is 0 Å². The van der Waals surface area contributed by atoms with Gasteiger partial charge in [-0.05, 0) is 110 Å². The number of anilines is 3. The van der Waals surface area contributed by atoms with Crippen LogP contribution in [0.4, 0.5) is 17.1 Å². The molecule has 0 bridgehead atoms. The van der Waals surface area contributed by atoms with Gasteiger partial charge in [-0.3, -0.25) is 0 Å². The van der Waals surface area contributed by atoms with Crippen molar-refractivity contribution in [2.75, 3.05) is 4.90 Å². The Labute approximate surface area is 340 Å². The van der Waals surface area contributed by atoms with Gasteiger partial charge in [0.15, 0.2) is 5.58 Å². The molecule has 2 heterocycles. The van der Waals surface area contributed by atoms with Gasteiger partial charge in [0.2, 0.25) is 5.89 Å². The van der Waals surface area contributed by atoms with E-state index in [1.54, 1.807) is 0 Å². The normalized spacial score (nSPS) is 11.7. The van der Waals surface area contributed by atoms with Crippen molar-refractivity contribution in [3.63, 3.8) is 0 Å². The smallest absolute Gasteiger partial charge is 0.227 e. The van der Waals surface area contributed by atoms with Gasteiger partial charge < -0.3 is 13.9 Å². The number of hydrogen-bond donors (Lipinski definition) is 0. The largest absolute Gasteiger partial charge is 0.434 e. The molecule has 0 amide bonds. The van der Waals surface area contributed by atoms with Gasteiger partial charge in [-0.1, -0.05) is 146 Å². The fraction of sp³-hybridized carbons (Fsp3) is 0. The van der Waals surface area contributed by atoms with Crippen molar-refractivity contribution in [1.29, 1.82) is 0 Å². The van der Waals surface area contributed by atoms with E-state index in [0.717, 1.165) is 61.6 Å². The monoisotopic (exact) mass is 753 g/mol. The third-order valence-corrected chi connectivity index (χ3v) is 11.8. The van der Waals surface area contributed by atoms with Crippen LogP contribution < -0.4 is 4.90 Å². The van der Waals surface area contributed by atoms with E-state index in [1.807, 2.05) is 36.4 Å². The number of nitrogens with zero attached hydrogens (tertiary/aromatic N) is 3. The van der Waals surface area contributed by atoms with Gasteiger partial charge in [-0.2, -0.15) is 0 Å². The minimum atomic E-state index is 0.595. The number of benzene rings is 10. The average molecular weight is 754 g/mol. The third-order valence-electron chi connectivity index (χ3n) is 11.8. The second-order valence-electron chi connectivity index (χ2n) is 15.2. The van der Waals surface area contributed by atoms with E-state index in [9.17, 15) is 0 Å². The predicted octanol–water partition coefficient (Wildman–Crippen LogP) is 15.2. The molecular formula is C55H35N3O. The van der Waals surface area contributed by atoms with Crippen molar-refractivity contribution in [2.24, 2.45) is 0 Å². The van der Waals surface area contributed by atoms with E-state index in [4.69, 9.17) is 9.40 Å². The number of hydrogen-bond acceptors (Lipinski definition) is 3. The maximum atomic E-state index is 6.72. The molecule has 0 spiro atoms. The highest BCUT2D eigenvalue weighted by Crippen LogP contribution is 2.45.